The van der Waals surface area contributed by atoms with Gasteiger partial charge in [-0.3, -0.25) is 9.78 Å². The van der Waals surface area contributed by atoms with Crippen LogP contribution in [0.4, 0.5) is 0 Å². The lowest BCUT2D eigenvalue weighted by molar-refractivity contribution is -0.132. The Hall–Kier alpha value is -1.42. The minimum absolute atomic E-state index is 0.158. The number of likely N-dealkylation sites (tertiary alicyclic amines) is 1. The Morgan fingerprint density at radius 2 is 2.47 bits per heavy atom. The van der Waals surface area contributed by atoms with E-state index in [9.17, 15) is 4.79 Å². The molecule has 0 unspecified atom stereocenters. The molecular weight excluding hydrogens is 214 g/mol. The fourth-order valence-corrected chi connectivity index (χ4v) is 2.19. The third-order valence-electron chi connectivity index (χ3n) is 3.16. The number of pyridine rings is 1. The van der Waals surface area contributed by atoms with Crippen molar-refractivity contribution in [1.82, 2.24) is 9.88 Å². The van der Waals surface area contributed by atoms with Crippen LogP contribution in [-0.2, 0) is 11.2 Å². The number of amides is 1. The van der Waals surface area contributed by atoms with Crippen molar-refractivity contribution in [1.29, 1.82) is 0 Å². The fraction of sp³-hybridized carbons (Fsp3) is 0.538. The number of piperidine rings is 1. The predicted molar refractivity (Wildman–Crippen MR) is 66.3 cm³/mol. The van der Waals surface area contributed by atoms with Crippen LogP contribution in [0.1, 0.15) is 24.8 Å². The van der Waals surface area contributed by atoms with Crippen molar-refractivity contribution in [3.63, 3.8) is 0 Å². The molecule has 1 atom stereocenters. The summed E-state index contributed by atoms with van der Waals surface area (Å²) in [5.41, 5.74) is 6.98. The first-order valence-electron chi connectivity index (χ1n) is 6.18. The average molecular weight is 233 g/mol. The van der Waals surface area contributed by atoms with Gasteiger partial charge in [-0.25, -0.2) is 0 Å². The first kappa shape index (κ1) is 12.0. The van der Waals surface area contributed by atoms with Gasteiger partial charge in [0.2, 0.25) is 5.91 Å². The van der Waals surface area contributed by atoms with E-state index in [1.807, 2.05) is 23.2 Å². The van der Waals surface area contributed by atoms with E-state index in [4.69, 9.17) is 5.73 Å². The Morgan fingerprint density at radius 1 is 1.59 bits per heavy atom. The summed E-state index contributed by atoms with van der Waals surface area (Å²) in [6.45, 7) is 1.57. The van der Waals surface area contributed by atoms with Gasteiger partial charge in [-0.1, -0.05) is 6.07 Å². The smallest absolute Gasteiger partial charge is 0.222 e. The summed E-state index contributed by atoms with van der Waals surface area (Å²) in [6, 6.07) is 4.06. The first-order valence-corrected chi connectivity index (χ1v) is 6.18. The van der Waals surface area contributed by atoms with Gasteiger partial charge in [0.15, 0.2) is 0 Å². The van der Waals surface area contributed by atoms with E-state index in [0.29, 0.717) is 13.0 Å². The van der Waals surface area contributed by atoms with Crippen molar-refractivity contribution in [3.05, 3.63) is 30.1 Å². The summed E-state index contributed by atoms with van der Waals surface area (Å²) in [6.07, 6.45) is 6.94. The topological polar surface area (TPSA) is 59.2 Å². The molecule has 1 amide bonds. The maximum atomic E-state index is 12.0. The second kappa shape index (κ2) is 5.77. The Labute approximate surface area is 102 Å². The van der Waals surface area contributed by atoms with E-state index in [0.717, 1.165) is 31.4 Å². The largest absolute Gasteiger partial charge is 0.341 e. The van der Waals surface area contributed by atoms with E-state index >= 15 is 0 Å². The molecule has 0 radical (unpaired) electrons. The molecule has 0 spiro atoms. The Morgan fingerprint density at radius 3 is 3.18 bits per heavy atom. The Bertz CT molecular complexity index is 366. The quantitative estimate of drug-likeness (QED) is 0.846. The van der Waals surface area contributed by atoms with Crippen molar-refractivity contribution in [3.8, 4) is 0 Å². The van der Waals surface area contributed by atoms with E-state index in [1.165, 1.54) is 0 Å². The summed E-state index contributed by atoms with van der Waals surface area (Å²) < 4.78 is 0. The maximum absolute atomic E-state index is 12.0. The van der Waals surface area contributed by atoms with Crippen LogP contribution in [0, 0.1) is 0 Å². The average Bonchev–Trinajstić information content (AvgIpc) is 2.37. The second-order valence-electron chi connectivity index (χ2n) is 4.60. The number of aromatic nitrogens is 1. The van der Waals surface area contributed by atoms with Gasteiger partial charge >= 0.3 is 0 Å². The third-order valence-corrected chi connectivity index (χ3v) is 3.16. The van der Waals surface area contributed by atoms with Crippen LogP contribution >= 0.6 is 0 Å². The molecule has 1 fully saturated rings. The summed E-state index contributed by atoms with van der Waals surface area (Å²) in [5, 5.41) is 0. The van der Waals surface area contributed by atoms with Crippen molar-refractivity contribution in [2.75, 3.05) is 13.1 Å². The monoisotopic (exact) mass is 233 g/mol. The molecule has 2 rings (SSSR count). The molecule has 2 heterocycles. The minimum atomic E-state index is 0.158. The van der Waals surface area contributed by atoms with Gasteiger partial charge in [0.1, 0.15) is 0 Å². The predicted octanol–water partition coefficient (Wildman–Crippen LogP) is 0.964. The number of rotatable bonds is 3. The summed E-state index contributed by atoms with van der Waals surface area (Å²) in [7, 11) is 0. The molecule has 0 aliphatic carbocycles. The highest BCUT2D eigenvalue weighted by atomic mass is 16.2. The molecule has 4 nitrogen and oxygen atoms in total. The van der Waals surface area contributed by atoms with Crippen molar-refractivity contribution >= 4 is 5.91 Å². The number of carbonyl (C=O) groups is 1. The lowest BCUT2D eigenvalue weighted by Crippen LogP contribution is -2.45. The summed E-state index contributed by atoms with van der Waals surface area (Å²) in [4.78, 5) is 17.9. The van der Waals surface area contributed by atoms with Gasteiger partial charge in [-0.05, 0) is 30.9 Å². The fourth-order valence-electron chi connectivity index (χ4n) is 2.19. The van der Waals surface area contributed by atoms with E-state index in [1.54, 1.807) is 6.20 Å². The number of aryl methyl sites for hydroxylation is 1. The van der Waals surface area contributed by atoms with Crippen molar-refractivity contribution < 1.29 is 4.79 Å². The lowest BCUT2D eigenvalue weighted by atomic mass is 10.1. The van der Waals surface area contributed by atoms with Crippen LogP contribution in [-0.4, -0.2) is 34.9 Å². The maximum Gasteiger partial charge on any atom is 0.222 e. The number of hydrogen-bond acceptors (Lipinski definition) is 3. The number of carbonyl (C=O) groups excluding carboxylic acids is 1. The minimum Gasteiger partial charge on any atom is -0.341 e. The van der Waals surface area contributed by atoms with Gasteiger partial charge in [0.25, 0.3) is 0 Å². The second-order valence-corrected chi connectivity index (χ2v) is 4.60. The van der Waals surface area contributed by atoms with Gasteiger partial charge in [-0.15, -0.1) is 0 Å². The van der Waals surface area contributed by atoms with Gasteiger partial charge in [-0.2, -0.15) is 0 Å². The number of nitrogens with zero attached hydrogens (tertiary/aromatic N) is 2. The highest BCUT2D eigenvalue weighted by Crippen LogP contribution is 2.11. The lowest BCUT2D eigenvalue weighted by Gasteiger charge is -2.30. The molecule has 1 aromatic heterocycles. The zero-order valence-electron chi connectivity index (χ0n) is 10.0. The summed E-state index contributed by atoms with van der Waals surface area (Å²) in [5.74, 6) is 0.212. The molecule has 0 aromatic carbocycles. The molecule has 4 heteroatoms. The number of nitrogens with two attached hydrogens (primary N) is 1. The van der Waals surface area contributed by atoms with Crippen LogP contribution in [0.5, 0.6) is 0 Å². The van der Waals surface area contributed by atoms with Gasteiger partial charge in [0.05, 0.1) is 0 Å². The van der Waals surface area contributed by atoms with E-state index < -0.39 is 0 Å². The normalized spacial score (nSPS) is 20.3. The molecule has 2 N–H and O–H groups in total. The SMILES string of the molecule is N[C@@H]1CCCN(C(=O)CCc2cccnc2)C1. The molecule has 1 saturated heterocycles. The molecule has 92 valence electrons. The third kappa shape index (κ3) is 3.53. The van der Waals surface area contributed by atoms with Crippen LogP contribution in [0.15, 0.2) is 24.5 Å². The van der Waals surface area contributed by atoms with Crippen molar-refractivity contribution in [2.24, 2.45) is 5.73 Å². The Kier molecular flexibility index (Phi) is 4.09. The van der Waals surface area contributed by atoms with Crippen molar-refractivity contribution in [2.45, 2.75) is 31.7 Å². The highest BCUT2D eigenvalue weighted by Gasteiger charge is 2.20. The van der Waals surface area contributed by atoms with Crippen LogP contribution < -0.4 is 5.73 Å². The van der Waals surface area contributed by atoms with Crippen LogP contribution in [0.2, 0.25) is 0 Å². The Balaban J connectivity index is 1.81. The molecule has 0 bridgehead atoms. The molecule has 1 aliphatic heterocycles. The zero-order valence-corrected chi connectivity index (χ0v) is 10.0. The van der Waals surface area contributed by atoms with E-state index in [2.05, 4.69) is 4.98 Å². The van der Waals surface area contributed by atoms with Gasteiger partial charge in [0, 0.05) is 37.9 Å². The van der Waals surface area contributed by atoms with Gasteiger partial charge < -0.3 is 10.6 Å². The molecule has 1 aliphatic rings. The zero-order chi connectivity index (χ0) is 12.1. The summed E-state index contributed by atoms with van der Waals surface area (Å²) >= 11 is 0. The molecular formula is C13H19N3O. The molecule has 1 aromatic rings. The van der Waals surface area contributed by atoms with Crippen LogP contribution in [0.25, 0.3) is 0 Å². The van der Waals surface area contributed by atoms with E-state index in [-0.39, 0.29) is 11.9 Å². The number of hydrogen-bond donors (Lipinski definition) is 1. The molecule has 17 heavy (non-hydrogen) atoms. The van der Waals surface area contributed by atoms with Crippen LogP contribution in [0.3, 0.4) is 0 Å². The highest BCUT2D eigenvalue weighted by molar-refractivity contribution is 5.76. The standard InChI is InChI=1S/C13H19N3O/c14-12-4-2-8-16(10-12)13(17)6-5-11-3-1-7-15-9-11/h1,3,7,9,12H,2,4-6,8,10,14H2/t12-/m1/s1. The first-order chi connectivity index (χ1) is 8.25. The molecule has 0 saturated carbocycles.